The first kappa shape index (κ1) is 16.2. The number of H-pyrrole nitrogens is 2. The molecule has 25 heavy (non-hydrogen) atoms. The van der Waals surface area contributed by atoms with Crippen LogP contribution in [0.25, 0.3) is 10.8 Å². The molecule has 1 aromatic heterocycles. The second kappa shape index (κ2) is 6.44. The van der Waals surface area contributed by atoms with Gasteiger partial charge in [0.05, 0.1) is 16.5 Å². The number of aromatic nitrogens is 2. The summed E-state index contributed by atoms with van der Waals surface area (Å²) in [6, 6.07) is 11.0. The molecule has 0 radical (unpaired) electrons. The first-order chi connectivity index (χ1) is 12.0. The van der Waals surface area contributed by atoms with E-state index in [4.69, 9.17) is 0 Å². The Hall–Kier alpha value is -3.68. The number of nitrogens with one attached hydrogen (secondary N) is 4. The van der Waals surface area contributed by atoms with Crippen LogP contribution < -0.4 is 21.8 Å². The van der Waals surface area contributed by atoms with Gasteiger partial charge in [0, 0.05) is 18.2 Å². The number of hydrogen-bond donors (Lipinski definition) is 4. The number of carbonyl (C=O) groups excluding carboxylic acids is 2. The number of aromatic amines is 2. The van der Waals surface area contributed by atoms with E-state index < -0.39 is 17.0 Å². The fraction of sp³-hybridized carbons (Fsp3) is 0.0588. The van der Waals surface area contributed by atoms with Crippen LogP contribution in [0, 0.1) is 0 Å². The van der Waals surface area contributed by atoms with Crippen LogP contribution in [0.4, 0.5) is 11.4 Å². The van der Waals surface area contributed by atoms with E-state index >= 15 is 0 Å². The van der Waals surface area contributed by atoms with E-state index in [-0.39, 0.29) is 22.4 Å². The fourth-order valence-electron chi connectivity index (χ4n) is 2.47. The summed E-state index contributed by atoms with van der Waals surface area (Å²) in [6.45, 7) is 1.37. The Morgan fingerprint density at radius 2 is 1.64 bits per heavy atom. The van der Waals surface area contributed by atoms with Crippen molar-refractivity contribution >= 4 is 34.0 Å². The predicted molar refractivity (Wildman–Crippen MR) is 93.9 cm³/mol. The molecule has 0 aliphatic carbocycles. The molecular formula is C17H14N4O4. The molecule has 3 aromatic rings. The molecule has 0 saturated heterocycles. The van der Waals surface area contributed by atoms with E-state index in [1.165, 1.54) is 25.1 Å². The maximum absolute atomic E-state index is 12.5. The van der Waals surface area contributed by atoms with Gasteiger partial charge in [0.15, 0.2) is 0 Å². The Balaban J connectivity index is 1.98. The zero-order chi connectivity index (χ0) is 18.0. The number of carbonyl (C=O) groups is 2. The van der Waals surface area contributed by atoms with E-state index in [2.05, 4.69) is 20.8 Å². The summed E-state index contributed by atoms with van der Waals surface area (Å²) in [7, 11) is 0. The Bertz CT molecular complexity index is 1100. The number of benzene rings is 2. The highest BCUT2D eigenvalue weighted by atomic mass is 16.2. The van der Waals surface area contributed by atoms with Gasteiger partial charge in [-0.05, 0) is 30.3 Å². The van der Waals surface area contributed by atoms with Crippen molar-refractivity contribution in [2.24, 2.45) is 0 Å². The maximum atomic E-state index is 12.5. The van der Waals surface area contributed by atoms with Gasteiger partial charge in [-0.1, -0.05) is 12.1 Å². The number of anilines is 2. The lowest BCUT2D eigenvalue weighted by atomic mass is 10.1. The molecule has 2 aromatic carbocycles. The first-order valence-electron chi connectivity index (χ1n) is 7.38. The summed E-state index contributed by atoms with van der Waals surface area (Å²) >= 11 is 0. The van der Waals surface area contributed by atoms with Crippen molar-refractivity contribution in [2.75, 3.05) is 10.6 Å². The van der Waals surface area contributed by atoms with Crippen LogP contribution in [0.1, 0.15) is 17.3 Å². The molecule has 0 unspecified atom stereocenters. The molecule has 1 heterocycles. The molecule has 0 saturated carbocycles. The van der Waals surface area contributed by atoms with Gasteiger partial charge in [0.1, 0.15) is 0 Å². The average molecular weight is 338 g/mol. The Morgan fingerprint density at radius 1 is 0.920 bits per heavy atom. The van der Waals surface area contributed by atoms with Gasteiger partial charge < -0.3 is 10.6 Å². The normalized spacial score (nSPS) is 10.4. The van der Waals surface area contributed by atoms with Gasteiger partial charge in [0.2, 0.25) is 5.91 Å². The third-order valence-corrected chi connectivity index (χ3v) is 3.52. The number of hydrogen-bond acceptors (Lipinski definition) is 4. The molecule has 0 atom stereocenters. The Morgan fingerprint density at radius 3 is 2.40 bits per heavy atom. The average Bonchev–Trinajstić information content (AvgIpc) is 2.58. The van der Waals surface area contributed by atoms with Crippen LogP contribution in [0.5, 0.6) is 0 Å². The molecule has 8 nitrogen and oxygen atoms in total. The monoisotopic (exact) mass is 338 g/mol. The molecule has 4 N–H and O–H groups in total. The van der Waals surface area contributed by atoms with Crippen LogP contribution in [0.15, 0.2) is 52.1 Å². The lowest BCUT2D eigenvalue weighted by Gasteiger charge is -2.09. The van der Waals surface area contributed by atoms with Crippen molar-refractivity contribution in [2.45, 2.75) is 6.92 Å². The van der Waals surface area contributed by atoms with Crippen molar-refractivity contribution in [1.29, 1.82) is 0 Å². The summed E-state index contributed by atoms with van der Waals surface area (Å²) in [5, 5.41) is 9.96. The van der Waals surface area contributed by atoms with E-state index in [1.807, 2.05) is 0 Å². The zero-order valence-electron chi connectivity index (χ0n) is 13.2. The molecule has 0 aliphatic heterocycles. The van der Waals surface area contributed by atoms with Crippen LogP contribution in [-0.2, 0) is 4.79 Å². The summed E-state index contributed by atoms with van der Waals surface area (Å²) in [4.78, 5) is 47.4. The summed E-state index contributed by atoms with van der Waals surface area (Å²) in [5.74, 6) is -0.725. The van der Waals surface area contributed by atoms with Crippen molar-refractivity contribution in [3.05, 3.63) is 68.7 Å². The SMILES string of the molecule is CC(=O)Nc1cccc(C(=O)Nc2cccc3c(=O)[nH][nH]c(=O)c23)c1. The lowest BCUT2D eigenvalue weighted by Crippen LogP contribution is -2.21. The minimum atomic E-state index is -0.516. The summed E-state index contributed by atoms with van der Waals surface area (Å²) < 4.78 is 0. The molecule has 0 fully saturated rings. The van der Waals surface area contributed by atoms with Gasteiger partial charge in [-0.15, -0.1) is 0 Å². The van der Waals surface area contributed by atoms with Gasteiger partial charge in [0.25, 0.3) is 17.0 Å². The van der Waals surface area contributed by atoms with Gasteiger partial charge in [-0.3, -0.25) is 29.4 Å². The third-order valence-electron chi connectivity index (χ3n) is 3.52. The van der Waals surface area contributed by atoms with Crippen molar-refractivity contribution in [3.63, 3.8) is 0 Å². The number of rotatable bonds is 3. The predicted octanol–water partition coefficient (Wildman–Crippen LogP) is 1.43. The quantitative estimate of drug-likeness (QED) is 0.576. The number of amides is 2. The standard InChI is InChI=1S/C17H14N4O4/c1-9(22)18-11-5-2-4-10(8-11)15(23)19-13-7-3-6-12-14(13)17(25)21-20-16(12)24/h2-8H,1H3,(H,18,22)(H,19,23)(H,20,24)(H,21,25). The van der Waals surface area contributed by atoms with Crippen molar-refractivity contribution in [3.8, 4) is 0 Å². The van der Waals surface area contributed by atoms with E-state index in [0.29, 0.717) is 11.3 Å². The maximum Gasteiger partial charge on any atom is 0.272 e. The Labute approximate surface area is 140 Å². The molecule has 8 heteroatoms. The number of fused-ring (bicyclic) bond motifs is 1. The second-order valence-electron chi connectivity index (χ2n) is 5.35. The molecule has 0 spiro atoms. The highest BCUT2D eigenvalue weighted by molar-refractivity contribution is 6.09. The van der Waals surface area contributed by atoms with Gasteiger partial charge >= 0.3 is 0 Å². The minimum Gasteiger partial charge on any atom is -0.326 e. The van der Waals surface area contributed by atoms with Crippen molar-refractivity contribution in [1.82, 2.24) is 10.2 Å². The van der Waals surface area contributed by atoms with E-state index in [9.17, 15) is 19.2 Å². The molecule has 3 rings (SSSR count). The molecule has 2 amide bonds. The highest BCUT2D eigenvalue weighted by Crippen LogP contribution is 2.18. The summed E-state index contributed by atoms with van der Waals surface area (Å²) in [5.41, 5.74) is 0.0208. The smallest absolute Gasteiger partial charge is 0.272 e. The van der Waals surface area contributed by atoms with Crippen LogP contribution >= 0.6 is 0 Å². The Kier molecular flexibility index (Phi) is 4.17. The van der Waals surface area contributed by atoms with Gasteiger partial charge in [-0.25, -0.2) is 0 Å². The topological polar surface area (TPSA) is 124 Å². The highest BCUT2D eigenvalue weighted by Gasteiger charge is 2.12. The largest absolute Gasteiger partial charge is 0.326 e. The van der Waals surface area contributed by atoms with Crippen LogP contribution in [0.2, 0.25) is 0 Å². The van der Waals surface area contributed by atoms with E-state index in [0.717, 1.165) is 0 Å². The van der Waals surface area contributed by atoms with Gasteiger partial charge in [-0.2, -0.15) is 0 Å². The zero-order valence-corrected chi connectivity index (χ0v) is 13.2. The van der Waals surface area contributed by atoms with Crippen molar-refractivity contribution < 1.29 is 9.59 Å². The van der Waals surface area contributed by atoms with Crippen LogP contribution in [-0.4, -0.2) is 22.0 Å². The fourth-order valence-corrected chi connectivity index (χ4v) is 2.47. The lowest BCUT2D eigenvalue weighted by molar-refractivity contribution is -0.114. The second-order valence-corrected chi connectivity index (χ2v) is 5.35. The summed E-state index contributed by atoms with van der Waals surface area (Å²) in [6.07, 6.45) is 0. The third kappa shape index (κ3) is 3.32. The minimum absolute atomic E-state index is 0.0950. The first-order valence-corrected chi connectivity index (χ1v) is 7.38. The van der Waals surface area contributed by atoms with Crippen LogP contribution in [0.3, 0.4) is 0 Å². The molecule has 0 bridgehead atoms. The van der Waals surface area contributed by atoms with E-state index in [1.54, 1.807) is 24.3 Å². The molecule has 126 valence electrons. The molecular weight excluding hydrogens is 324 g/mol. The molecule has 0 aliphatic rings.